The second kappa shape index (κ2) is 6.53. The van der Waals surface area contributed by atoms with Gasteiger partial charge in [0.15, 0.2) is 0 Å². The van der Waals surface area contributed by atoms with Crippen LogP contribution in [0.25, 0.3) is 0 Å². The molecule has 1 saturated carbocycles. The van der Waals surface area contributed by atoms with Gasteiger partial charge in [-0.15, -0.1) is 0 Å². The van der Waals surface area contributed by atoms with Crippen LogP contribution in [0.1, 0.15) is 29.6 Å². The Bertz CT molecular complexity index is 587. The number of carbonyl (C=O) groups is 2. The molecule has 0 aromatic heterocycles. The van der Waals surface area contributed by atoms with Crippen molar-refractivity contribution in [3.8, 4) is 0 Å². The zero-order chi connectivity index (χ0) is 15.4. The number of hydrogen-bond donors (Lipinski definition) is 2. The first-order chi connectivity index (χ1) is 9.99. The van der Waals surface area contributed by atoms with E-state index in [4.69, 9.17) is 11.6 Å². The van der Waals surface area contributed by atoms with E-state index in [1.54, 1.807) is 0 Å². The lowest BCUT2D eigenvalue weighted by Crippen LogP contribution is -2.31. The van der Waals surface area contributed by atoms with Gasteiger partial charge < -0.3 is 10.6 Å². The lowest BCUT2D eigenvalue weighted by atomic mass is 10.1. The molecule has 21 heavy (non-hydrogen) atoms. The molecule has 8 heteroatoms. The minimum absolute atomic E-state index is 0.0980. The molecule has 0 saturated heterocycles. The summed E-state index contributed by atoms with van der Waals surface area (Å²) in [6.07, 6.45) is 2.12. The second-order valence-corrected chi connectivity index (χ2v) is 5.15. The molecule has 0 heterocycles. The van der Waals surface area contributed by atoms with Crippen molar-refractivity contribution >= 4 is 29.1 Å². The van der Waals surface area contributed by atoms with Gasteiger partial charge in [-0.3, -0.25) is 19.7 Å². The van der Waals surface area contributed by atoms with E-state index in [0.717, 1.165) is 12.8 Å². The molecule has 0 atom stereocenters. The Balaban J connectivity index is 1.92. The van der Waals surface area contributed by atoms with Crippen molar-refractivity contribution in [3.05, 3.63) is 38.9 Å². The van der Waals surface area contributed by atoms with E-state index in [2.05, 4.69) is 10.6 Å². The van der Waals surface area contributed by atoms with Crippen LogP contribution in [0.2, 0.25) is 5.02 Å². The van der Waals surface area contributed by atoms with Crippen LogP contribution in [-0.2, 0) is 4.79 Å². The molecule has 2 N–H and O–H groups in total. The summed E-state index contributed by atoms with van der Waals surface area (Å²) >= 11 is 5.73. The summed E-state index contributed by atoms with van der Waals surface area (Å²) in [5.41, 5.74) is -0.547. The summed E-state index contributed by atoms with van der Waals surface area (Å²) in [6, 6.07) is 4.40. The molecule has 0 spiro atoms. The van der Waals surface area contributed by atoms with Crippen LogP contribution in [-0.4, -0.2) is 29.3 Å². The summed E-state index contributed by atoms with van der Waals surface area (Å²) in [7, 11) is 0. The lowest BCUT2D eigenvalue weighted by molar-refractivity contribution is -0.385. The molecule has 1 fully saturated rings. The maximum atomic E-state index is 11.9. The molecule has 2 rings (SSSR count). The maximum Gasteiger partial charge on any atom is 0.300 e. The number of benzene rings is 1. The van der Waals surface area contributed by atoms with Crippen molar-refractivity contribution in [2.75, 3.05) is 6.54 Å². The van der Waals surface area contributed by atoms with Crippen molar-refractivity contribution in [1.29, 1.82) is 0 Å². The van der Waals surface area contributed by atoms with E-state index >= 15 is 0 Å². The normalized spacial score (nSPS) is 13.6. The first kappa shape index (κ1) is 15.2. The van der Waals surface area contributed by atoms with Crippen LogP contribution in [0.5, 0.6) is 0 Å². The number of nitrogens with zero attached hydrogens (tertiary/aromatic N) is 1. The molecule has 0 aliphatic heterocycles. The van der Waals surface area contributed by atoms with E-state index in [1.807, 2.05) is 0 Å². The standard InChI is InChI=1S/C13H14ClN3O4/c14-10-3-1-2-9(12(10)17(20)21)13(19)15-7-6-11(18)16-8-4-5-8/h1-3,8H,4-7H2,(H,15,19)(H,16,18). The molecule has 1 aromatic carbocycles. The number of halogens is 1. The number of nitrogens with one attached hydrogen (secondary N) is 2. The predicted octanol–water partition coefficient (Wildman–Crippen LogP) is 1.65. The van der Waals surface area contributed by atoms with E-state index in [0.29, 0.717) is 0 Å². The Morgan fingerprint density at radius 1 is 1.38 bits per heavy atom. The Kier molecular flexibility index (Phi) is 4.74. The van der Waals surface area contributed by atoms with Crippen LogP contribution in [0.3, 0.4) is 0 Å². The minimum atomic E-state index is -0.697. The summed E-state index contributed by atoms with van der Waals surface area (Å²) < 4.78 is 0. The SMILES string of the molecule is O=C(CCNC(=O)c1cccc(Cl)c1[N+](=O)[O-])NC1CC1. The second-order valence-electron chi connectivity index (χ2n) is 4.74. The van der Waals surface area contributed by atoms with Crippen LogP contribution in [0, 0.1) is 10.1 Å². The van der Waals surface area contributed by atoms with Crippen LogP contribution >= 0.6 is 11.6 Å². The van der Waals surface area contributed by atoms with Crippen molar-refractivity contribution in [2.45, 2.75) is 25.3 Å². The Labute approximate surface area is 125 Å². The lowest BCUT2D eigenvalue weighted by Gasteiger charge is -2.07. The van der Waals surface area contributed by atoms with E-state index in [9.17, 15) is 19.7 Å². The molecule has 1 aromatic rings. The minimum Gasteiger partial charge on any atom is -0.353 e. The molecule has 0 radical (unpaired) electrons. The highest BCUT2D eigenvalue weighted by Crippen LogP contribution is 2.27. The first-order valence-corrected chi connectivity index (χ1v) is 6.87. The highest BCUT2D eigenvalue weighted by molar-refractivity contribution is 6.33. The average molecular weight is 312 g/mol. The number of nitro groups is 1. The monoisotopic (exact) mass is 311 g/mol. The summed E-state index contributed by atoms with van der Waals surface area (Å²) in [5.74, 6) is -0.762. The number of para-hydroxylation sites is 1. The summed E-state index contributed by atoms with van der Waals surface area (Å²) in [5, 5.41) is 16.1. The fourth-order valence-corrected chi connectivity index (χ4v) is 2.04. The third kappa shape index (κ3) is 4.16. The zero-order valence-electron chi connectivity index (χ0n) is 11.1. The van der Waals surface area contributed by atoms with Gasteiger partial charge in [-0.25, -0.2) is 0 Å². The largest absolute Gasteiger partial charge is 0.353 e. The number of carbonyl (C=O) groups excluding carboxylic acids is 2. The quantitative estimate of drug-likeness (QED) is 0.616. The third-order valence-corrected chi connectivity index (χ3v) is 3.30. The topological polar surface area (TPSA) is 101 Å². The Hall–Kier alpha value is -2.15. The highest BCUT2D eigenvalue weighted by atomic mass is 35.5. The molecule has 1 aliphatic rings. The van der Waals surface area contributed by atoms with Gasteiger partial charge in [0.1, 0.15) is 10.6 Å². The van der Waals surface area contributed by atoms with Crippen molar-refractivity contribution in [2.24, 2.45) is 0 Å². The fourth-order valence-electron chi connectivity index (χ4n) is 1.80. The number of amides is 2. The molecular weight excluding hydrogens is 298 g/mol. The Morgan fingerprint density at radius 2 is 2.10 bits per heavy atom. The van der Waals surface area contributed by atoms with Gasteiger partial charge in [0.05, 0.1) is 4.92 Å². The van der Waals surface area contributed by atoms with Gasteiger partial charge in [0.2, 0.25) is 5.91 Å². The van der Waals surface area contributed by atoms with Crippen LogP contribution in [0.15, 0.2) is 18.2 Å². The van der Waals surface area contributed by atoms with Crippen molar-refractivity contribution in [3.63, 3.8) is 0 Å². The number of rotatable bonds is 6. The van der Waals surface area contributed by atoms with Gasteiger partial charge >= 0.3 is 5.69 Å². The predicted molar refractivity (Wildman–Crippen MR) is 76.2 cm³/mol. The highest BCUT2D eigenvalue weighted by Gasteiger charge is 2.24. The Morgan fingerprint density at radius 3 is 2.71 bits per heavy atom. The number of hydrogen-bond acceptors (Lipinski definition) is 4. The van der Waals surface area contributed by atoms with Gasteiger partial charge in [0.25, 0.3) is 5.91 Å². The van der Waals surface area contributed by atoms with E-state index in [-0.39, 0.29) is 35.5 Å². The van der Waals surface area contributed by atoms with Crippen LogP contribution < -0.4 is 10.6 Å². The van der Waals surface area contributed by atoms with Gasteiger partial charge in [-0.1, -0.05) is 17.7 Å². The molecule has 2 amide bonds. The third-order valence-electron chi connectivity index (χ3n) is 2.99. The zero-order valence-corrected chi connectivity index (χ0v) is 11.9. The maximum absolute atomic E-state index is 11.9. The molecule has 0 unspecified atom stereocenters. The molecule has 1 aliphatic carbocycles. The van der Waals surface area contributed by atoms with Gasteiger partial charge in [-0.05, 0) is 25.0 Å². The molecule has 7 nitrogen and oxygen atoms in total. The molecule has 112 valence electrons. The molecular formula is C13H14ClN3O4. The summed E-state index contributed by atoms with van der Waals surface area (Å²) in [4.78, 5) is 33.6. The van der Waals surface area contributed by atoms with Gasteiger partial charge in [0, 0.05) is 19.0 Å². The first-order valence-electron chi connectivity index (χ1n) is 6.49. The number of nitro benzene ring substituents is 1. The van der Waals surface area contributed by atoms with E-state index < -0.39 is 16.5 Å². The average Bonchev–Trinajstić information content (AvgIpc) is 3.21. The molecule has 0 bridgehead atoms. The van der Waals surface area contributed by atoms with Crippen molar-refractivity contribution in [1.82, 2.24) is 10.6 Å². The smallest absolute Gasteiger partial charge is 0.300 e. The van der Waals surface area contributed by atoms with E-state index in [1.165, 1.54) is 18.2 Å². The summed E-state index contributed by atoms with van der Waals surface area (Å²) in [6.45, 7) is 0.112. The van der Waals surface area contributed by atoms with Gasteiger partial charge in [-0.2, -0.15) is 0 Å². The van der Waals surface area contributed by atoms with Crippen LogP contribution in [0.4, 0.5) is 5.69 Å². The van der Waals surface area contributed by atoms with Crippen molar-refractivity contribution < 1.29 is 14.5 Å². The fraction of sp³-hybridized carbons (Fsp3) is 0.385.